The van der Waals surface area contributed by atoms with Crippen LogP contribution < -0.4 is 4.31 Å². The summed E-state index contributed by atoms with van der Waals surface area (Å²) in [5.41, 5.74) is 2.98. The highest BCUT2D eigenvalue weighted by molar-refractivity contribution is 7.92. The molecule has 2 heterocycles. The number of esters is 1. The minimum absolute atomic E-state index is 0.0228. The minimum Gasteiger partial charge on any atom is -0.456 e. The lowest BCUT2D eigenvalue weighted by Crippen LogP contribution is -2.29. The molecule has 0 atom stereocenters. The largest absolute Gasteiger partial charge is 0.456 e. The Morgan fingerprint density at radius 2 is 1.97 bits per heavy atom. The SMILES string of the molecule is Cc1cc(COC(=O)/C=C/c2ccc(S(=O)(=O)N3CCc4ccccc43)cc2)no1. The molecule has 0 N–H and O–H groups in total. The van der Waals surface area contributed by atoms with E-state index in [0.717, 1.165) is 11.3 Å². The molecule has 0 saturated carbocycles. The number of benzene rings is 2. The van der Waals surface area contributed by atoms with Crippen LogP contribution in [0.5, 0.6) is 0 Å². The molecule has 2 aromatic carbocycles. The molecule has 1 aromatic heterocycles. The first-order valence-electron chi connectivity index (χ1n) is 9.41. The van der Waals surface area contributed by atoms with Crippen molar-refractivity contribution in [2.75, 3.05) is 10.8 Å². The number of hydrogen-bond donors (Lipinski definition) is 0. The monoisotopic (exact) mass is 424 g/mol. The van der Waals surface area contributed by atoms with Gasteiger partial charge in [-0.1, -0.05) is 35.5 Å². The summed E-state index contributed by atoms with van der Waals surface area (Å²) >= 11 is 0. The number of carbonyl (C=O) groups excluding carboxylic acids is 1. The van der Waals surface area contributed by atoms with Gasteiger partial charge in [-0.25, -0.2) is 13.2 Å². The Morgan fingerprint density at radius 3 is 2.70 bits per heavy atom. The number of nitrogens with zero attached hydrogens (tertiary/aromatic N) is 2. The minimum atomic E-state index is -3.64. The Kier molecular flexibility index (Phi) is 5.41. The number of carbonyl (C=O) groups is 1. The van der Waals surface area contributed by atoms with Crippen LogP contribution in [0.4, 0.5) is 5.69 Å². The second kappa shape index (κ2) is 8.16. The summed E-state index contributed by atoms with van der Waals surface area (Å²) in [6.07, 6.45) is 3.55. The van der Waals surface area contributed by atoms with Crippen LogP contribution in [-0.2, 0) is 32.6 Å². The lowest BCUT2D eigenvalue weighted by atomic mass is 10.2. The van der Waals surface area contributed by atoms with E-state index in [1.165, 1.54) is 10.4 Å². The molecule has 8 heteroatoms. The van der Waals surface area contributed by atoms with Gasteiger partial charge in [-0.15, -0.1) is 0 Å². The van der Waals surface area contributed by atoms with E-state index in [1.807, 2.05) is 24.3 Å². The predicted molar refractivity (Wildman–Crippen MR) is 111 cm³/mol. The summed E-state index contributed by atoms with van der Waals surface area (Å²) in [6, 6.07) is 15.6. The molecule has 4 rings (SSSR count). The number of aromatic nitrogens is 1. The van der Waals surface area contributed by atoms with Crippen LogP contribution in [0.15, 0.2) is 70.1 Å². The van der Waals surface area contributed by atoms with Gasteiger partial charge < -0.3 is 9.26 Å². The molecule has 3 aromatic rings. The lowest BCUT2D eigenvalue weighted by molar-refractivity contribution is -0.139. The summed E-state index contributed by atoms with van der Waals surface area (Å²) in [4.78, 5) is 12.1. The quantitative estimate of drug-likeness (QED) is 0.444. The average Bonchev–Trinajstić information content (AvgIpc) is 3.37. The van der Waals surface area contributed by atoms with Gasteiger partial charge in [0.05, 0.1) is 10.6 Å². The molecular weight excluding hydrogens is 404 g/mol. The first kappa shape index (κ1) is 19.9. The van der Waals surface area contributed by atoms with E-state index in [9.17, 15) is 13.2 Å². The standard InChI is InChI=1S/C22H20N2O5S/c1-16-14-19(23-29-16)15-28-22(25)11-8-17-6-9-20(10-7-17)30(26,27)24-13-12-18-4-2-3-5-21(18)24/h2-11,14H,12-13,15H2,1H3/b11-8+. The van der Waals surface area contributed by atoms with E-state index in [2.05, 4.69) is 5.16 Å². The van der Waals surface area contributed by atoms with E-state index in [1.54, 1.807) is 43.3 Å². The normalized spacial score (nSPS) is 13.6. The molecule has 0 fully saturated rings. The lowest BCUT2D eigenvalue weighted by Gasteiger charge is -2.19. The molecule has 30 heavy (non-hydrogen) atoms. The highest BCUT2D eigenvalue weighted by Crippen LogP contribution is 2.32. The van der Waals surface area contributed by atoms with Gasteiger partial charge in [0.2, 0.25) is 0 Å². The van der Waals surface area contributed by atoms with Crippen molar-refractivity contribution >= 4 is 27.8 Å². The third-order valence-electron chi connectivity index (χ3n) is 4.76. The molecule has 0 amide bonds. The molecule has 0 spiro atoms. The summed E-state index contributed by atoms with van der Waals surface area (Å²) in [7, 11) is -3.64. The molecule has 1 aliphatic rings. The maximum absolute atomic E-state index is 13.0. The number of anilines is 1. The van der Waals surface area contributed by atoms with Crippen LogP contribution >= 0.6 is 0 Å². The Morgan fingerprint density at radius 1 is 1.20 bits per heavy atom. The highest BCUT2D eigenvalue weighted by Gasteiger charge is 2.30. The zero-order valence-electron chi connectivity index (χ0n) is 16.3. The van der Waals surface area contributed by atoms with Crippen LogP contribution in [0.1, 0.15) is 22.6 Å². The molecule has 154 valence electrons. The van der Waals surface area contributed by atoms with Crippen molar-refractivity contribution in [1.29, 1.82) is 0 Å². The molecule has 0 unspecified atom stereocenters. The Bertz CT molecular complexity index is 1200. The van der Waals surface area contributed by atoms with Crippen molar-refractivity contribution < 1.29 is 22.5 Å². The van der Waals surface area contributed by atoms with Gasteiger partial charge in [-0.05, 0) is 48.7 Å². The predicted octanol–water partition coefficient (Wildman–Crippen LogP) is 3.49. The van der Waals surface area contributed by atoms with Crippen molar-refractivity contribution in [2.45, 2.75) is 24.8 Å². The zero-order valence-corrected chi connectivity index (χ0v) is 17.1. The third kappa shape index (κ3) is 4.13. The van der Waals surface area contributed by atoms with Crippen molar-refractivity contribution in [3.05, 3.63) is 83.3 Å². The highest BCUT2D eigenvalue weighted by atomic mass is 32.2. The first-order valence-corrected chi connectivity index (χ1v) is 10.9. The second-order valence-electron chi connectivity index (χ2n) is 6.89. The Hall–Kier alpha value is -3.39. The fraction of sp³-hybridized carbons (Fsp3) is 0.182. The second-order valence-corrected chi connectivity index (χ2v) is 8.76. The molecule has 0 bridgehead atoms. The smallest absolute Gasteiger partial charge is 0.331 e. The molecule has 0 radical (unpaired) electrons. The maximum atomic E-state index is 13.0. The molecule has 0 aliphatic carbocycles. The van der Waals surface area contributed by atoms with Crippen LogP contribution in [0.3, 0.4) is 0 Å². The van der Waals surface area contributed by atoms with Crippen LogP contribution in [-0.4, -0.2) is 26.1 Å². The summed E-state index contributed by atoms with van der Waals surface area (Å²) in [5, 5.41) is 3.75. The first-order chi connectivity index (χ1) is 14.4. The average molecular weight is 424 g/mol. The van der Waals surface area contributed by atoms with Crippen LogP contribution in [0.2, 0.25) is 0 Å². The van der Waals surface area contributed by atoms with Gasteiger partial charge in [0.15, 0.2) is 0 Å². The van der Waals surface area contributed by atoms with E-state index in [4.69, 9.17) is 9.26 Å². The van der Waals surface area contributed by atoms with Gasteiger partial charge in [0.1, 0.15) is 18.1 Å². The maximum Gasteiger partial charge on any atom is 0.331 e. The van der Waals surface area contributed by atoms with E-state index in [0.29, 0.717) is 30.0 Å². The number of aryl methyl sites for hydroxylation is 1. The van der Waals surface area contributed by atoms with Gasteiger partial charge in [-0.3, -0.25) is 4.31 Å². The van der Waals surface area contributed by atoms with Crippen molar-refractivity contribution in [3.8, 4) is 0 Å². The Labute approximate surface area is 174 Å². The van der Waals surface area contributed by atoms with Crippen molar-refractivity contribution in [3.63, 3.8) is 0 Å². The van der Waals surface area contributed by atoms with E-state index in [-0.39, 0.29) is 11.5 Å². The number of ether oxygens (including phenoxy) is 1. The third-order valence-corrected chi connectivity index (χ3v) is 6.59. The number of para-hydroxylation sites is 1. The summed E-state index contributed by atoms with van der Waals surface area (Å²) in [5.74, 6) is 0.116. The Balaban J connectivity index is 1.41. The van der Waals surface area contributed by atoms with Crippen molar-refractivity contribution in [2.24, 2.45) is 0 Å². The number of sulfonamides is 1. The van der Waals surface area contributed by atoms with Gasteiger partial charge in [-0.2, -0.15) is 0 Å². The number of fused-ring (bicyclic) bond motifs is 1. The molecule has 0 saturated heterocycles. The molecular formula is C22H20N2O5S. The summed E-state index contributed by atoms with van der Waals surface area (Å²) in [6.45, 7) is 2.21. The van der Waals surface area contributed by atoms with Gasteiger partial charge in [0, 0.05) is 18.7 Å². The van der Waals surface area contributed by atoms with E-state index >= 15 is 0 Å². The van der Waals surface area contributed by atoms with Crippen LogP contribution in [0.25, 0.3) is 6.08 Å². The number of rotatable bonds is 6. The fourth-order valence-corrected chi connectivity index (χ4v) is 4.78. The topological polar surface area (TPSA) is 89.7 Å². The van der Waals surface area contributed by atoms with Gasteiger partial charge in [0.25, 0.3) is 10.0 Å². The van der Waals surface area contributed by atoms with E-state index < -0.39 is 16.0 Å². The zero-order chi connectivity index (χ0) is 21.1. The van der Waals surface area contributed by atoms with Crippen molar-refractivity contribution in [1.82, 2.24) is 5.16 Å². The van der Waals surface area contributed by atoms with Crippen LogP contribution in [0, 0.1) is 6.92 Å². The summed E-state index contributed by atoms with van der Waals surface area (Å²) < 4.78 is 37.5. The molecule has 7 nitrogen and oxygen atoms in total. The molecule has 1 aliphatic heterocycles. The fourth-order valence-electron chi connectivity index (χ4n) is 3.28. The number of hydrogen-bond acceptors (Lipinski definition) is 6. The van der Waals surface area contributed by atoms with Gasteiger partial charge >= 0.3 is 5.97 Å².